The van der Waals surface area contributed by atoms with E-state index >= 15 is 0 Å². The fourth-order valence-corrected chi connectivity index (χ4v) is 3.60. The zero-order chi connectivity index (χ0) is 20.6. The van der Waals surface area contributed by atoms with Crippen molar-refractivity contribution < 1.29 is 9.53 Å². The molecule has 156 valence electrons. The molecule has 0 aromatic heterocycles. The Morgan fingerprint density at radius 3 is 2.52 bits per heavy atom. The predicted octanol–water partition coefficient (Wildman–Crippen LogP) is 3.73. The van der Waals surface area contributed by atoms with Crippen molar-refractivity contribution in [1.82, 2.24) is 10.2 Å². The maximum atomic E-state index is 12.4. The minimum atomic E-state index is -0.204. The summed E-state index contributed by atoms with van der Waals surface area (Å²) in [6.45, 7) is 11.3. The van der Waals surface area contributed by atoms with Crippen LogP contribution >= 0.6 is 0 Å². The van der Waals surface area contributed by atoms with Crippen LogP contribution in [0.25, 0.3) is 0 Å². The van der Waals surface area contributed by atoms with E-state index in [2.05, 4.69) is 51.6 Å². The molecular weight excluding hydrogens is 364 g/mol. The summed E-state index contributed by atoms with van der Waals surface area (Å²) in [6, 6.07) is 16.4. The third kappa shape index (κ3) is 5.87. The number of para-hydroxylation sites is 1. The third-order valence-electron chi connectivity index (χ3n) is 5.30. The first-order valence-electron chi connectivity index (χ1n) is 10.4. The molecule has 3 rings (SSSR count). The number of piperazine rings is 1. The normalized spacial score (nSPS) is 15.6. The number of carbonyl (C=O) groups excluding carboxylic acids is 1. The van der Waals surface area contributed by atoms with E-state index in [1.807, 2.05) is 38.1 Å². The lowest BCUT2D eigenvalue weighted by Crippen LogP contribution is -2.52. The van der Waals surface area contributed by atoms with Crippen molar-refractivity contribution in [3.05, 3.63) is 54.1 Å². The molecule has 1 heterocycles. The van der Waals surface area contributed by atoms with E-state index in [0.29, 0.717) is 24.6 Å². The molecule has 0 aliphatic carbocycles. The van der Waals surface area contributed by atoms with Gasteiger partial charge in [0.15, 0.2) is 0 Å². The quantitative estimate of drug-likeness (QED) is 0.749. The van der Waals surface area contributed by atoms with Crippen LogP contribution in [0, 0.1) is 6.92 Å². The van der Waals surface area contributed by atoms with E-state index < -0.39 is 0 Å². The van der Waals surface area contributed by atoms with Crippen LogP contribution in [0.2, 0.25) is 0 Å². The first kappa shape index (κ1) is 21.0. The zero-order valence-electron chi connectivity index (χ0n) is 17.6. The fourth-order valence-electron chi connectivity index (χ4n) is 3.60. The third-order valence-corrected chi connectivity index (χ3v) is 5.30. The highest BCUT2D eigenvalue weighted by molar-refractivity contribution is 5.91. The largest absolute Gasteiger partial charge is 0.492 e. The molecule has 6 nitrogen and oxygen atoms in total. The van der Waals surface area contributed by atoms with Crippen LogP contribution in [-0.2, 0) is 0 Å². The first-order valence-corrected chi connectivity index (χ1v) is 10.4. The molecule has 0 saturated carbocycles. The van der Waals surface area contributed by atoms with Gasteiger partial charge >= 0.3 is 6.03 Å². The summed E-state index contributed by atoms with van der Waals surface area (Å²) >= 11 is 0. The van der Waals surface area contributed by atoms with Gasteiger partial charge in [0.2, 0.25) is 0 Å². The van der Waals surface area contributed by atoms with Crippen LogP contribution in [0.5, 0.6) is 5.75 Å². The van der Waals surface area contributed by atoms with Crippen molar-refractivity contribution in [3.8, 4) is 5.75 Å². The zero-order valence-corrected chi connectivity index (χ0v) is 17.6. The molecule has 0 bridgehead atoms. The van der Waals surface area contributed by atoms with Gasteiger partial charge in [-0.25, -0.2) is 4.79 Å². The smallest absolute Gasteiger partial charge is 0.319 e. The van der Waals surface area contributed by atoms with Gasteiger partial charge in [-0.3, -0.25) is 4.90 Å². The van der Waals surface area contributed by atoms with Gasteiger partial charge in [0.25, 0.3) is 0 Å². The second-order valence-corrected chi connectivity index (χ2v) is 7.48. The van der Waals surface area contributed by atoms with Crippen LogP contribution in [0.15, 0.2) is 48.5 Å². The fraction of sp³-hybridized carbons (Fsp3) is 0.435. The van der Waals surface area contributed by atoms with Crippen molar-refractivity contribution in [2.45, 2.75) is 26.8 Å². The Balaban J connectivity index is 1.45. The van der Waals surface area contributed by atoms with Crippen LogP contribution in [0.3, 0.4) is 0 Å². The van der Waals surface area contributed by atoms with Gasteiger partial charge in [0.1, 0.15) is 5.75 Å². The molecule has 6 heteroatoms. The van der Waals surface area contributed by atoms with Gasteiger partial charge in [-0.05, 0) is 50.6 Å². The predicted molar refractivity (Wildman–Crippen MR) is 119 cm³/mol. The Morgan fingerprint density at radius 1 is 1.10 bits per heavy atom. The van der Waals surface area contributed by atoms with E-state index in [4.69, 9.17) is 4.74 Å². The molecule has 1 saturated heterocycles. The highest BCUT2D eigenvalue weighted by Gasteiger charge is 2.21. The SMILES string of the molecule is CCOc1cc(C)ccc1NC(=O)NCC(C)N1CCN(c2ccccc2)CC1. The summed E-state index contributed by atoms with van der Waals surface area (Å²) in [5.41, 5.74) is 3.07. The molecule has 0 spiro atoms. The van der Waals surface area contributed by atoms with Gasteiger partial charge in [0.05, 0.1) is 12.3 Å². The minimum absolute atomic E-state index is 0.204. The van der Waals surface area contributed by atoms with Crippen molar-refractivity contribution in [3.63, 3.8) is 0 Å². The van der Waals surface area contributed by atoms with Crippen molar-refractivity contribution in [2.75, 3.05) is 49.5 Å². The summed E-state index contributed by atoms with van der Waals surface area (Å²) in [4.78, 5) is 17.2. The lowest BCUT2D eigenvalue weighted by molar-refractivity contribution is 0.192. The number of benzene rings is 2. The maximum absolute atomic E-state index is 12.4. The molecule has 2 aromatic rings. The van der Waals surface area contributed by atoms with Gasteiger partial charge < -0.3 is 20.3 Å². The monoisotopic (exact) mass is 396 g/mol. The number of nitrogens with one attached hydrogen (secondary N) is 2. The molecular formula is C23H32N4O2. The van der Waals surface area contributed by atoms with Crippen LogP contribution < -0.4 is 20.3 Å². The molecule has 2 aromatic carbocycles. The number of aryl methyl sites for hydroxylation is 1. The Labute approximate surface area is 173 Å². The molecule has 0 radical (unpaired) electrons. The maximum Gasteiger partial charge on any atom is 0.319 e. The van der Waals surface area contributed by atoms with Gasteiger partial charge in [-0.1, -0.05) is 24.3 Å². The summed E-state index contributed by atoms with van der Waals surface area (Å²) in [7, 11) is 0. The van der Waals surface area contributed by atoms with Gasteiger partial charge in [-0.15, -0.1) is 0 Å². The van der Waals surface area contributed by atoms with Crippen LogP contribution in [0.4, 0.5) is 16.2 Å². The summed E-state index contributed by atoms with van der Waals surface area (Å²) in [5.74, 6) is 0.702. The number of carbonyl (C=O) groups is 1. The van der Waals surface area contributed by atoms with Crippen LogP contribution in [-0.4, -0.2) is 56.3 Å². The second-order valence-electron chi connectivity index (χ2n) is 7.48. The lowest BCUT2D eigenvalue weighted by atomic mass is 10.2. The average Bonchev–Trinajstić information content (AvgIpc) is 2.75. The molecule has 2 amide bonds. The van der Waals surface area contributed by atoms with E-state index in [0.717, 1.165) is 31.7 Å². The topological polar surface area (TPSA) is 56.8 Å². The van der Waals surface area contributed by atoms with Crippen molar-refractivity contribution >= 4 is 17.4 Å². The highest BCUT2D eigenvalue weighted by atomic mass is 16.5. The number of anilines is 2. The molecule has 1 fully saturated rings. The van der Waals surface area contributed by atoms with Crippen molar-refractivity contribution in [1.29, 1.82) is 0 Å². The Kier molecular flexibility index (Phi) is 7.36. The van der Waals surface area contributed by atoms with E-state index in [-0.39, 0.29) is 12.1 Å². The van der Waals surface area contributed by atoms with E-state index in [1.54, 1.807) is 0 Å². The molecule has 1 aliphatic rings. The lowest BCUT2D eigenvalue weighted by Gasteiger charge is -2.39. The minimum Gasteiger partial charge on any atom is -0.492 e. The number of nitrogens with zero attached hydrogens (tertiary/aromatic N) is 2. The van der Waals surface area contributed by atoms with Gasteiger partial charge in [-0.2, -0.15) is 0 Å². The summed E-state index contributed by atoms with van der Waals surface area (Å²) in [6.07, 6.45) is 0. The Morgan fingerprint density at radius 2 is 1.83 bits per heavy atom. The Bertz CT molecular complexity index is 789. The number of rotatable bonds is 7. The number of urea groups is 1. The molecule has 29 heavy (non-hydrogen) atoms. The number of amides is 2. The number of hydrogen-bond acceptors (Lipinski definition) is 4. The summed E-state index contributed by atoms with van der Waals surface area (Å²) < 4.78 is 5.63. The average molecular weight is 397 g/mol. The van der Waals surface area contributed by atoms with E-state index in [1.165, 1.54) is 5.69 Å². The standard InChI is InChI=1S/C23H32N4O2/c1-4-29-22-16-18(2)10-11-21(22)25-23(28)24-17-19(3)26-12-14-27(15-13-26)20-8-6-5-7-9-20/h5-11,16,19H,4,12-15,17H2,1-3H3,(H2,24,25,28). The van der Waals surface area contributed by atoms with E-state index in [9.17, 15) is 4.79 Å². The molecule has 1 aliphatic heterocycles. The number of hydrogen-bond donors (Lipinski definition) is 2. The van der Waals surface area contributed by atoms with Crippen LogP contribution in [0.1, 0.15) is 19.4 Å². The molecule has 1 unspecified atom stereocenters. The molecule has 1 atom stereocenters. The van der Waals surface area contributed by atoms with Crippen molar-refractivity contribution in [2.24, 2.45) is 0 Å². The Hall–Kier alpha value is -2.73. The molecule has 2 N–H and O–H groups in total. The first-order chi connectivity index (χ1) is 14.1. The number of ether oxygens (including phenoxy) is 1. The second kappa shape index (κ2) is 10.2. The summed E-state index contributed by atoms with van der Waals surface area (Å²) in [5, 5.41) is 5.90. The highest BCUT2D eigenvalue weighted by Crippen LogP contribution is 2.25. The van der Waals surface area contributed by atoms with Gasteiger partial charge in [0, 0.05) is 44.5 Å².